The van der Waals surface area contributed by atoms with Crippen molar-refractivity contribution in [1.82, 2.24) is 9.80 Å². The van der Waals surface area contributed by atoms with E-state index in [0.717, 1.165) is 19.6 Å². The van der Waals surface area contributed by atoms with Crippen LogP contribution in [0.5, 0.6) is 5.75 Å². The zero-order valence-electron chi connectivity index (χ0n) is 17.6. The third kappa shape index (κ3) is 4.86. The van der Waals surface area contributed by atoms with E-state index in [0.29, 0.717) is 18.7 Å². The highest BCUT2D eigenvalue weighted by molar-refractivity contribution is 5.92. The number of nitrogens with zero attached hydrogens (tertiary/aromatic N) is 2. The molecule has 160 valence electrons. The van der Waals surface area contributed by atoms with E-state index in [-0.39, 0.29) is 23.8 Å². The first-order chi connectivity index (χ1) is 15.0. The van der Waals surface area contributed by atoms with Crippen LogP contribution in [0.1, 0.15) is 21.5 Å². The van der Waals surface area contributed by atoms with Crippen LogP contribution in [-0.4, -0.2) is 59.6 Å². The van der Waals surface area contributed by atoms with Crippen molar-refractivity contribution in [3.8, 4) is 5.75 Å². The Balaban J connectivity index is 1.27. The molecule has 0 spiro atoms. The lowest BCUT2D eigenvalue weighted by Gasteiger charge is -2.34. The second-order valence-electron chi connectivity index (χ2n) is 7.87. The molecule has 6 heteroatoms. The van der Waals surface area contributed by atoms with Crippen LogP contribution in [0.15, 0.2) is 60.7 Å². The van der Waals surface area contributed by atoms with Crippen LogP contribution in [-0.2, 0) is 16.1 Å². The first kappa shape index (κ1) is 20.9. The SMILES string of the molecule is Cc1ccc(C(=O)OCC(=O)N2CCN(Cc3cccc4ccccc34)CC2)cc1O. The predicted molar refractivity (Wildman–Crippen MR) is 119 cm³/mol. The molecule has 0 bridgehead atoms. The van der Waals surface area contributed by atoms with E-state index >= 15 is 0 Å². The van der Waals surface area contributed by atoms with Crippen LogP contribution in [0, 0.1) is 6.92 Å². The molecular formula is C25H26N2O4. The number of hydrogen-bond donors (Lipinski definition) is 1. The van der Waals surface area contributed by atoms with Crippen molar-refractivity contribution in [2.24, 2.45) is 0 Å². The summed E-state index contributed by atoms with van der Waals surface area (Å²) in [7, 11) is 0. The fraction of sp³-hybridized carbons (Fsp3) is 0.280. The van der Waals surface area contributed by atoms with Gasteiger partial charge in [0.1, 0.15) is 5.75 Å². The Labute approximate surface area is 181 Å². The normalized spacial score (nSPS) is 14.5. The second-order valence-corrected chi connectivity index (χ2v) is 7.87. The van der Waals surface area contributed by atoms with Gasteiger partial charge in [0.2, 0.25) is 0 Å². The highest BCUT2D eigenvalue weighted by Crippen LogP contribution is 2.21. The predicted octanol–water partition coefficient (Wildman–Crippen LogP) is 3.36. The van der Waals surface area contributed by atoms with Crippen LogP contribution in [0.3, 0.4) is 0 Å². The number of phenols is 1. The molecule has 0 aliphatic carbocycles. The van der Waals surface area contributed by atoms with E-state index in [1.54, 1.807) is 24.0 Å². The summed E-state index contributed by atoms with van der Waals surface area (Å²) in [5.41, 5.74) is 2.19. The van der Waals surface area contributed by atoms with Crippen molar-refractivity contribution in [3.05, 3.63) is 77.4 Å². The van der Waals surface area contributed by atoms with Gasteiger partial charge in [-0.15, -0.1) is 0 Å². The average Bonchev–Trinajstić information content (AvgIpc) is 2.80. The van der Waals surface area contributed by atoms with Gasteiger partial charge in [-0.25, -0.2) is 4.79 Å². The molecule has 0 radical (unpaired) electrons. The lowest BCUT2D eigenvalue weighted by atomic mass is 10.0. The van der Waals surface area contributed by atoms with Crippen LogP contribution < -0.4 is 0 Å². The third-order valence-corrected chi connectivity index (χ3v) is 5.77. The number of phenolic OH excluding ortho intramolecular Hbond substituents is 1. The Bertz CT molecular complexity index is 1100. The minimum atomic E-state index is -0.613. The standard InChI is InChI=1S/C25H26N2O4/c1-18-9-10-20(15-23(18)28)25(30)31-17-24(29)27-13-11-26(12-14-27)16-21-7-4-6-19-5-2-3-8-22(19)21/h2-10,15,28H,11-14,16-17H2,1H3. The summed E-state index contributed by atoms with van der Waals surface area (Å²) < 4.78 is 5.15. The monoisotopic (exact) mass is 418 g/mol. The van der Waals surface area contributed by atoms with E-state index < -0.39 is 5.97 Å². The molecular weight excluding hydrogens is 392 g/mol. The fourth-order valence-electron chi connectivity index (χ4n) is 3.86. The highest BCUT2D eigenvalue weighted by atomic mass is 16.5. The zero-order valence-corrected chi connectivity index (χ0v) is 17.6. The van der Waals surface area contributed by atoms with Crippen molar-refractivity contribution < 1.29 is 19.4 Å². The summed E-state index contributed by atoms with van der Waals surface area (Å²) >= 11 is 0. The molecule has 0 unspecified atom stereocenters. The van der Waals surface area contributed by atoms with Gasteiger partial charge < -0.3 is 14.7 Å². The van der Waals surface area contributed by atoms with E-state index in [2.05, 4.69) is 41.3 Å². The highest BCUT2D eigenvalue weighted by Gasteiger charge is 2.22. The Morgan fingerprint density at radius 1 is 0.968 bits per heavy atom. The Kier molecular flexibility index (Phi) is 6.18. The number of ether oxygens (including phenoxy) is 1. The van der Waals surface area contributed by atoms with Gasteiger partial charge in [0.05, 0.1) is 5.56 Å². The average molecular weight is 418 g/mol. The van der Waals surface area contributed by atoms with E-state index in [1.807, 2.05) is 6.07 Å². The number of carbonyl (C=O) groups excluding carboxylic acids is 2. The molecule has 0 saturated carbocycles. The number of benzene rings is 3. The van der Waals surface area contributed by atoms with Gasteiger partial charge in [0.25, 0.3) is 5.91 Å². The smallest absolute Gasteiger partial charge is 0.338 e. The summed E-state index contributed by atoms with van der Waals surface area (Å²) in [6.45, 7) is 5.04. The number of aromatic hydroxyl groups is 1. The maximum absolute atomic E-state index is 12.5. The third-order valence-electron chi connectivity index (χ3n) is 5.77. The first-order valence-corrected chi connectivity index (χ1v) is 10.4. The number of amides is 1. The van der Waals surface area contributed by atoms with Crippen molar-refractivity contribution >= 4 is 22.6 Å². The fourth-order valence-corrected chi connectivity index (χ4v) is 3.86. The van der Waals surface area contributed by atoms with E-state index in [1.165, 1.54) is 22.4 Å². The van der Waals surface area contributed by atoms with Crippen molar-refractivity contribution in [3.63, 3.8) is 0 Å². The van der Waals surface area contributed by atoms with Gasteiger partial charge >= 0.3 is 5.97 Å². The number of piperazine rings is 1. The van der Waals surface area contributed by atoms with Gasteiger partial charge in [0, 0.05) is 32.7 Å². The maximum atomic E-state index is 12.5. The molecule has 1 aliphatic heterocycles. The molecule has 31 heavy (non-hydrogen) atoms. The lowest BCUT2D eigenvalue weighted by Crippen LogP contribution is -2.49. The molecule has 1 amide bonds. The molecule has 0 aromatic heterocycles. The topological polar surface area (TPSA) is 70.1 Å². The Hall–Kier alpha value is -3.38. The van der Waals surface area contributed by atoms with Gasteiger partial charge in [-0.2, -0.15) is 0 Å². The van der Waals surface area contributed by atoms with Crippen LogP contribution in [0.4, 0.5) is 0 Å². The molecule has 1 N–H and O–H groups in total. The second kappa shape index (κ2) is 9.18. The molecule has 1 saturated heterocycles. The molecule has 1 fully saturated rings. The maximum Gasteiger partial charge on any atom is 0.338 e. The summed E-state index contributed by atoms with van der Waals surface area (Å²) in [5, 5.41) is 12.2. The molecule has 3 aromatic rings. The largest absolute Gasteiger partial charge is 0.508 e. The number of esters is 1. The minimum Gasteiger partial charge on any atom is -0.508 e. The van der Waals surface area contributed by atoms with Gasteiger partial charge in [0.15, 0.2) is 6.61 Å². The molecule has 1 aliphatic rings. The molecule has 3 aromatic carbocycles. The molecule has 0 atom stereocenters. The van der Waals surface area contributed by atoms with Crippen LogP contribution in [0.2, 0.25) is 0 Å². The number of rotatable bonds is 5. The van der Waals surface area contributed by atoms with Crippen LogP contribution in [0.25, 0.3) is 10.8 Å². The summed E-state index contributed by atoms with van der Waals surface area (Å²) in [5.74, 6) is -0.782. The quantitative estimate of drug-likeness (QED) is 0.644. The van der Waals surface area contributed by atoms with Gasteiger partial charge in [-0.3, -0.25) is 9.69 Å². The number of hydrogen-bond acceptors (Lipinski definition) is 5. The summed E-state index contributed by atoms with van der Waals surface area (Å²) in [4.78, 5) is 28.7. The Morgan fingerprint density at radius 3 is 2.48 bits per heavy atom. The van der Waals surface area contributed by atoms with E-state index in [4.69, 9.17) is 4.74 Å². The molecule has 6 nitrogen and oxygen atoms in total. The summed E-state index contributed by atoms with van der Waals surface area (Å²) in [6.07, 6.45) is 0. The molecule has 4 rings (SSSR count). The van der Waals surface area contributed by atoms with Crippen molar-refractivity contribution in [2.75, 3.05) is 32.8 Å². The van der Waals surface area contributed by atoms with Crippen LogP contribution >= 0.6 is 0 Å². The summed E-state index contributed by atoms with van der Waals surface area (Å²) in [6, 6.07) is 19.3. The van der Waals surface area contributed by atoms with Crippen molar-refractivity contribution in [2.45, 2.75) is 13.5 Å². The van der Waals surface area contributed by atoms with E-state index in [9.17, 15) is 14.7 Å². The molecule has 1 heterocycles. The Morgan fingerprint density at radius 2 is 1.71 bits per heavy atom. The lowest BCUT2D eigenvalue weighted by molar-refractivity contribution is -0.136. The zero-order chi connectivity index (χ0) is 21.8. The van der Waals surface area contributed by atoms with Gasteiger partial charge in [-0.1, -0.05) is 48.5 Å². The number of fused-ring (bicyclic) bond motifs is 1. The number of aryl methyl sites for hydroxylation is 1. The first-order valence-electron chi connectivity index (χ1n) is 10.4. The van der Waals surface area contributed by atoms with Gasteiger partial charge in [-0.05, 0) is 41.0 Å². The minimum absolute atomic E-state index is 0.0306. The van der Waals surface area contributed by atoms with Crippen molar-refractivity contribution in [1.29, 1.82) is 0 Å². The number of carbonyl (C=O) groups is 2.